The predicted octanol–water partition coefficient (Wildman–Crippen LogP) is 7.11. The van der Waals surface area contributed by atoms with Crippen LogP contribution in [0.1, 0.15) is 50.5 Å². The summed E-state index contributed by atoms with van der Waals surface area (Å²) in [5.74, 6) is 1.84. The number of likely N-dealkylation sites (tertiary alicyclic amines) is 1. The SMILES string of the molecule is NC1CCN(C(=O)C2CN(Cc3ccc(-c4ccc(Cl)cc4)cc3)CCN2Sc2ccc(OCC3CCCCC3)cc2)CC1. The molecule has 2 aliphatic heterocycles. The molecule has 6 nitrogen and oxygen atoms in total. The van der Waals surface area contributed by atoms with Gasteiger partial charge in [-0.05, 0) is 96.6 Å². The summed E-state index contributed by atoms with van der Waals surface area (Å²) in [6, 6.07) is 25.1. The first kappa shape index (κ1) is 31.4. The van der Waals surface area contributed by atoms with Gasteiger partial charge >= 0.3 is 0 Å². The molecule has 1 atom stereocenters. The van der Waals surface area contributed by atoms with Gasteiger partial charge in [0, 0.05) is 55.2 Å². The van der Waals surface area contributed by atoms with E-state index in [1.54, 1.807) is 11.9 Å². The van der Waals surface area contributed by atoms with E-state index in [2.05, 4.69) is 69.9 Å². The monoisotopic (exact) mass is 632 g/mol. The standard InChI is InChI=1S/C36H45ClN4O2S/c37-31-12-10-30(11-13-31)29-8-6-27(7-9-29)24-39-22-23-41(35(25-39)36(42)40-20-18-32(38)19-21-40)44-34-16-14-33(15-17-34)43-26-28-4-2-1-3-5-28/h6-17,28,32,35H,1-5,18-26,38H2. The van der Waals surface area contributed by atoms with Crippen molar-refractivity contribution in [2.24, 2.45) is 11.7 Å². The van der Waals surface area contributed by atoms with Crippen LogP contribution < -0.4 is 10.5 Å². The zero-order valence-corrected chi connectivity index (χ0v) is 27.2. The maximum absolute atomic E-state index is 13.9. The number of piperidine rings is 1. The normalized spacial score (nSPS) is 21.0. The lowest BCUT2D eigenvalue weighted by Crippen LogP contribution is -2.58. The zero-order chi connectivity index (χ0) is 30.3. The average Bonchev–Trinajstić information content (AvgIpc) is 3.06. The molecule has 234 valence electrons. The van der Waals surface area contributed by atoms with Crippen LogP contribution in [0.15, 0.2) is 77.7 Å². The molecule has 1 aliphatic carbocycles. The van der Waals surface area contributed by atoms with E-state index in [4.69, 9.17) is 22.1 Å². The summed E-state index contributed by atoms with van der Waals surface area (Å²) in [6.07, 6.45) is 8.34. The molecule has 6 rings (SSSR count). The molecule has 8 heteroatoms. The molecule has 0 radical (unpaired) electrons. The highest BCUT2D eigenvalue weighted by atomic mass is 35.5. The van der Waals surface area contributed by atoms with Gasteiger partial charge < -0.3 is 15.4 Å². The summed E-state index contributed by atoms with van der Waals surface area (Å²) in [4.78, 5) is 19.5. The second-order valence-corrected chi connectivity index (χ2v) is 14.2. The number of rotatable bonds is 9. The highest BCUT2D eigenvalue weighted by Gasteiger charge is 2.36. The molecule has 2 saturated heterocycles. The van der Waals surface area contributed by atoms with Gasteiger partial charge in [-0.2, -0.15) is 0 Å². The van der Waals surface area contributed by atoms with E-state index in [9.17, 15) is 4.79 Å². The third-order valence-corrected chi connectivity index (χ3v) is 10.8. The molecule has 2 heterocycles. The van der Waals surface area contributed by atoms with Crippen molar-refractivity contribution in [3.05, 3.63) is 83.4 Å². The van der Waals surface area contributed by atoms with E-state index in [0.29, 0.717) is 12.5 Å². The summed E-state index contributed by atoms with van der Waals surface area (Å²) in [6.45, 7) is 5.55. The number of hydrogen-bond donors (Lipinski definition) is 1. The highest BCUT2D eigenvalue weighted by Crippen LogP contribution is 2.31. The van der Waals surface area contributed by atoms with Gasteiger partial charge in [-0.3, -0.25) is 9.69 Å². The van der Waals surface area contributed by atoms with E-state index < -0.39 is 0 Å². The maximum Gasteiger partial charge on any atom is 0.242 e. The molecular formula is C36H45ClN4O2S. The minimum atomic E-state index is -0.210. The lowest BCUT2D eigenvalue weighted by molar-refractivity contribution is -0.138. The molecule has 3 aliphatic rings. The maximum atomic E-state index is 13.9. The molecule has 2 N–H and O–H groups in total. The fourth-order valence-corrected chi connectivity index (χ4v) is 7.72. The molecule has 1 amide bonds. The second-order valence-electron chi connectivity index (χ2n) is 12.6. The van der Waals surface area contributed by atoms with Gasteiger partial charge in [0.1, 0.15) is 11.8 Å². The Labute approximate surface area is 272 Å². The Balaban J connectivity index is 1.09. The van der Waals surface area contributed by atoms with Gasteiger partial charge in [-0.25, -0.2) is 4.31 Å². The number of hydrogen-bond acceptors (Lipinski definition) is 6. The van der Waals surface area contributed by atoms with Crippen LogP contribution in [0.4, 0.5) is 0 Å². The van der Waals surface area contributed by atoms with Crippen LogP contribution in [0.5, 0.6) is 5.75 Å². The first-order chi connectivity index (χ1) is 21.5. The number of halogens is 1. The molecule has 1 saturated carbocycles. The van der Waals surface area contributed by atoms with Crippen molar-refractivity contribution in [1.82, 2.24) is 14.1 Å². The molecule has 3 aromatic rings. The molecule has 0 spiro atoms. The van der Waals surface area contributed by atoms with Crippen molar-refractivity contribution in [3.8, 4) is 16.9 Å². The summed E-state index contributed by atoms with van der Waals surface area (Å²) >= 11 is 7.77. The van der Waals surface area contributed by atoms with Crippen molar-refractivity contribution in [2.45, 2.75) is 68.5 Å². The summed E-state index contributed by atoms with van der Waals surface area (Å²) < 4.78 is 8.44. The topological polar surface area (TPSA) is 62.0 Å². The van der Waals surface area contributed by atoms with Crippen molar-refractivity contribution in [3.63, 3.8) is 0 Å². The number of nitrogens with zero attached hydrogens (tertiary/aromatic N) is 3. The molecule has 1 unspecified atom stereocenters. The van der Waals surface area contributed by atoms with Gasteiger partial charge in [0.05, 0.1) is 6.61 Å². The summed E-state index contributed by atoms with van der Waals surface area (Å²) in [5.41, 5.74) is 9.75. The van der Waals surface area contributed by atoms with Crippen LogP contribution in [0.25, 0.3) is 11.1 Å². The quantitative estimate of drug-likeness (QED) is 0.254. The largest absolute Gasteiger partial charge is 0.493 e. The lowest BCUT2D eigenvalue weighted by atomic mass is 9.90. The van der Waals surface area contributed by atoms with Crippen LogP contribution in [0, 0.1) is 5.92 Å². The van der Waals surface area contributed by atoms with Crippen LogP contribution in [-0.4, -0.2) is 71.4 Å². The van der Waals surface area contributed by atoms with E-state index in [1.807, 2.05) is 17.0 Å². The highest BCUT2D eigenvalue weighted by molar-refractivity contribution is 7.97. The molecule has 0 bridgehead atoms. The smallest absolute Gasteiger partial charge is 0.242 e. The van der Waals surface area contributed by atoms with Gasteiger partial charge in [0.2, 0.25) is 5.91 Å². The Morgan fingerprint density at radius 3 is 2.16 bits per heavy atom. The first-order valence-corrected chi connectivity index (χ1v) is 17.4. The number of benzene rings is 3. The fourth-order valence-electron chi connectivity index (χ4n) is 6.61. The number of nitrogens with two attached hydrogens (primary N) is 1. The number of carbonyl (C=O) groups excluding carboxylic acids is 1. The van der Waals surface area contributed by atoms with Gasteiger partial charge in [0.15, 0.2) is 0 Å². The average molecular weight is 633 g/mol. The minimum absolute atomic E-state index is 0.196. The number of amides is 1. The van der Waals surface area contributed by atoms with Crippen LogP contribution >= 0.6 is 23.5 Å². The van der Waals surface area contributed by atoms with E-state index >= 15 is 0 Å². The van der Waals surface area contributed by atoms with Crippen LogP contribution in [0.2, 0.25) is 5.02 Å². The van der Waals surface area contributed by atoms with Crippen molar-refractivity contribution in [2.75, 3.05) is 39.3 Å². The molecule has 0 aromatic heterocycles. The Kier molecular flexibility index (Phi) is 10.8. The third-order valence-electron chi connectivity index (χ3n) is 9.35. The van der Waals surface area contributed by atoms with Gasteiger partial charge in [-0.15, -0.1) is 0 Å². The van der Waals surface area contributed by atoms with E-state index in [-0.39, 0.29) is 18.0 Å². The number of piperazine rings is 1. The Morgan fingerprint density at radius 2 is 1.48 bits per heavy atom. The molecule has 44 heavy (non-hydrogen) atoms. The van der Waals surface area contributed by atoms with Gasteiger partial charge in [-0.1, -0.05) is 67.3 Å². The summed E-state index contributed by atoms with van der Waals surface area (Å²) in [7, 11) is 0. The summed E-state index contributed by atoms with van der Waals surface area (Å²) in [5, 5.41) is 0.745. The molecular weight excluding hydrogens is 588 g/mol. The fraction of sp³-hybridized carbons (Fsp3) is 0.472. The predicted molar refractivity (Wildman–Crippen MR) is 181 cm³/mol. The minimum Gasteiger partial charge on any atom is -0.493 e. The lowest BCUT2D eigenvalue weighted by Gasteiger charge is -2.42. The Bertz CT molecular complexity index is 1340. The first-order valence-electron chi connectivity index (χ1n) is 16.3. The van der Waals surface area contributed by atoms with Crippen LogP contribution in [0.3, 0.4) is 0 Å². The number of carbonyl (C=O) groups is 1. The Hall–Kier alpha value is -2.55. The van der Waals surface area contributed by atoms with Gasteiger partial charge in [0.25, 0.3) is 0 Å². The van der Waals surface area contributed by atoms with Crippen molar-refractivity contribution in [1.29, 1.82) is 0 Å². The zero-order valence-electron chi connectivity index (χ0n) is 25.6. The van der Waals surface area contributed by atoms with Crippen molar-refractivity contribution < 1.29 is 9.53 Å². The van der Waals surface area contributed by atoms with Crippen LogP contribution in [-0.2, 0) is 11.3 Å². The number of ether oxygens (including phenoxy) is 1. The van der Waals surface area contributed by atoms with E-state index in [1.165, 1.54) is 43.2 Å². The second kappa shape index (κ2) is 15.2. The molecule has 3 aromatic carbocycles. The van der Waals surface area contributed by atoms with Crippen molar-refractivity contribution >= 4 is 29.5 Å². The Morgan fingerprint density at radius 1 is 0.818 bits per heavy atom. The third kappa shape index (κ3) is 8.38. The molecule has 3 fully saturated rings. The van der Waals surface area contributed by atoms with E-state index in [0.717, 1.165) is 73.4 Å².